The average molecular weight is 388 g/mol. The smallest absolute Gasteiger partial charge is 0.415 e. The number of hydrogen-bond donors (Lipinski definition) is 0. The Morgan fingerprint density at radius 1 is 1.07 bits per heavy atom. The molecule has 0 aliphatic carbocycles. The first kappa shape index (κ1) is 18.7. The van der Waals surface area contributed by atoms with Gasteiger partial charge in [0.25, 0.3) is 0 Å². The molecule has 28 heavy (non-hydrogen) atoms. The summed E-state index contributed by atoms with van der Waals surface area (Å²) in [6.45, 7) is 3.84. The van der Waals surface area contributed by atoms with Gasteiger partial charge in [0.2, 0.25) is 0 Å². The van der Waals surface area contributed by atoms with Crippen LogP contribution in [-0.4, -0.2) is 33.0 Å². The molecule has 1 aliphatic heterocycles. The molecule has 2 radical (unpaired) electrons. The van der Waals surface area contributed by atoms with Crippen molar-refractivity contribution in [2.75, 3.05) is 4.90 Å². The summed E-state index contributed by atoms with van der Waals surface area (Å²) in [5.74, 6) is -0.502. The van der Waals surface area contributed by atoms with Gasteiger partial charge in [0, 0.05) is 11.9 Å². The van der Waals surface area contributed by atoms with E-state index < -0.39 is 11.5 Å². The Hall–Kier alpha value is -2.68. The van der Waals surface area contributed by atoms with Crippen LogP contribution in [0.2, 0.25) is 0 Å². The number of pyridine rings is 1. The van der Waals surface area contributed by atoms with Gasteiger partial charge >= 0.3 is 6.09 Å². The third-order valence-corrected chi connectivity index (χ3v) is 5.33. The molecule has 0 bridgehead atoms. The van der Waals surface area contributed by atoms with Crippen molar-refractivity contribution in [2.45, 2.75) is 25.5 Å². The average Bonchev–Trinajstić information content (AvgIpc) is 2.93. The Kier molecular flexibility index (Phi) is 4.70. The van der Waals surface area contributed by atoms with Gasteiger partial charge in [0.15, 0.2) is 22.2 Å². The molecule has 1 fully saturated rings. The minimum Gasteiger partial charge on any atom is -0.441 e. The van der Waals surface area contributed by atoms with Crippen molar-refractivity contribution in [3.8, 4) is 11.1 Å². The quantitative estimate of drug-likeness (QED) is 0.500. The van der Waals surface area contributed by atoms with Gasteiger partial charge in [0.05, 0.1) is 0 Å². The number of rotatable bonds is 3. The van der Waals surface area contributed by atoms with Crippen molar-refractivity contribution in [1.82, 2.24) is 4.98 Å². The maximum atomic E-state index is 13.4. The van der Waals surface area contributed by atoms with Crippen molar-refractivity contribution in [2.24, 2.45) is 0 Å². The molecule has 2 heterocycles. The highest BCUT2D eigenvalue weighted by Gasteiger charge is 2.49. The van der Waals surface area contributed by atoms with Crippen LogP contribution in [0.1, 0.15) is 25.5 Å². The number of nitrogens with zero attached hydrogens (tertiary/aromatic N) is 2. The lowest BCUT2D eigenvalue weighted by Gasteiger charge is -2.29. The lowest BCUT2D eigenvalue weighted by atomic mass is 9.91. The third kappa shape index (κ3) is 3.30. The molecule has 2 aromatic carbocycles. The van der Waals surface area contributed by atoms with Crippen LogP contribution in [0.15, 0.2) is 66.9 Å². The van der Waals surface area contributed by atoms with E-state index in [2.05, 4.69) is 21.3 Å². The molecule has 1 amide bonds. The number of cyclic esters (lactones) is 1. The fourth-order valence-corrected chi connectivity index (χ4v) is 3.88. The largest absolute Gasteiger partial charge is 0.441 e. The van der Waals surface area contributed by atoms with Gasteiger partial charge in [0.1, 0.15) is 11.6 Å². The Morgan fingerprint density at radius 2 is 1.75 bits per heavy atom. The van der Waals surface area contributed by atoms with Crippen LogP contribution in [0.3, 0.4) is 0 Å². The lowest BCUT2D eigenvalue weighted by molar-refractivity contribution is 0.0685. The van der Waals surface area contributed by atoms with Crippen molar-refractivity contribution in [3.63, 3.8) is 0 Å². The topological polar surface area (TPSA) is 42.4 Å². The van der Waals surface area contributed by atoms with E-state index in [-0.39, 0.29) is 12.1 Å². The zero-order valence-electron chi connectivity index (χ0n) is 15.6. The summed E-state index contributed by atoms with van der Waals surface area (Å²) in [7, 11) is 0. The Bertz CT molecular complexity index is 1020. The molecule has 0 unspecified atom stereocenters. The first-order chi connectivity index (χ1) is 13.4. The van der Waals surface area contributed by atoms with Gasteiger partial charge in [-0.15, -0.1) is 0 Å². The fourth-order valence-electron chi connectivity index (χ4n) is 3.62. The molecular formula is C22H18AlFN2O2. The van der Waals surface area contributed by atoms with Crippen LogP contribution >= 0.6 is 0 Å². The molecule has 1 saturated heterocycles. The van der Waals surface area contributed by atoms with E-state index in [0.717, 1.165) is 22.4 Å². The van der Waals surface area contributed by atoms with E-state index in [0.29, 0.717) is 4.43 Å². The number of anilines is 1. The van der Waals surface area contributed by atoms with E-state index in [4.69, 9.17) is 4.74 Å². The second-order valence-electron chi connectivity index (χ2n) is 7.31. The Morgan fingerprint density at radius 3 is 2.39 bits per heavy atom. The normalized spacial score (nSPS) is 18.2. The van der Waals surface area contributed by atoms with Gasteiger partial charge < -0.3 is 4.74 Å². The number of amides is 1. The highest BCUT2D eigenvalue weighted by Crippen LogP contribution is 2.43. The minimum absolute atomic E-state index is 0.238. The van der Waals surface area contributed by atoms with Gasteiger partial charge in [-0.2, -0.15) is 4.39 Å². The second kappa shape index (κ2) is 7.05. The maximum Gasteiger partial charge on any atom is 0.415 e. The number of ether oxygens (including phenoxy) is 1. The highest BCUT2D eigenvalue weighted by molar-refractivity contribution is 6.32. The van der Waals surface area contributed by atoms with Gasteiger partial charge in [-0.3, -0.25) is 4.90 Å². The number of benzene rings is 2. The summed E-state index contributed by atoms with van der Waals surface area (Å²) in [6.07, 6.45) is 1.13. The molecule has 4 nitrogen and oxygen atoms in total. The monoisotopic (exact) mass is 388 g/mol. The molecule has 0 spiro atoms. The maximum absolute atomic E-state index is 13.4. The number of carbonyl (C=O) groups excluding carboxylic acids is 1. The molecule has 138 valence electrons. The van der Waals surface area contributed by atoms with Crippen LogP contribution in [0.5, 0.6) is 0 Å². The van der Waals surface area contributed by atoms with E-state index in [1.165, 1.54) is 6.20 Å². The lowest BCUT2D eigenvalue weighted by Crippen LogP contribution is -2.33. The zero-order valence-corrected chi connectivity index (χ0v) is 16.7. The predicted octanol–water partition coefficient (Wildman–Crippen LogP) is 4.16. The van der Waals surface area contributed by atoms with E-state index in [1.54, 1.807) is 11.0 Å². The van der Waals surface area contributed by atoms with E-state index >= 15 is 0 Å². The molecule has 6 heteroatoms. The molecule has 4 rings (SSSR count). The fraction of sp³-hybridized carbons (Fsp3) is 0.182. The molecule has 1 aromatic heterocycles. The minimum atomic E-state index is -0.660. The molecule has 0 saturated carbocycles. The zero-order chi connectivity index (χ0) is 19.9. The van der Waals surface area contributed by atoms with Crippen molar-refractivity contribution in [3.05, 3.63) is 78.4 Å². The second-order valence-corrected chi connectivity index (χ2v) is 7.93. The summed E-state index contributed by atoms with van der Waals surface area (Å²) in [4.78, 5) is 18.1. The number of hydrogen-bond acceptors (Lipinski definition) is 3. The van der Waals surface area contributed by atoms with E-state index in [1.807, 2.05) is 68.4 Å². The van der Waals surface area contributed by atoms with Crippen LogP contribution in [0, 0.1) is 5.95 Å². The van der Waals surface area contributed by atoms with Crippen molar-refractivity contribution in [1.29, 1.82) is 0 Å². The van der Waals surface area contributed by atoms with Gasteiger partial charge in [-0.25, -0.2) is 9.78 Å². The number of aromatic nitrogens is 1. The Labute approximate surface area is 171 Å². The van der Waals surface area contributed by atoms with Crippen LogP contribution in [-0.2, 0) is 4.74 Å². The first-order valence-corrected chi connectivity index (χ1v) is 9.53. The van der Waals surface area contributed by atoms with Crippen LogP contribution in [0.4, 0.5) is 14.9 Å². The summed E-state index contributed by atoms with van der Waals surface area (Å²) in [5.41, 5.74) is 2.80. The SMILES string of the molecule is CC1(C)OC(=O)N(c2ccc(-c3cnc(F)[c]([Al])c3)cc2)[C@H]1c1ccccc1. The summed E-state index contributed by atoms with van der Waals surface area (Å²) >= 11 is 2.34. The van der Waals surface area contributed by atoms with Gasteiger partial charge in [-0.1, -0.05) is 53.0 Å². The predicted molar refractivity (Wildman–Crippen MR) is 107 cm³/mol. The molecule has 3 aromatic rings. The molecular weight excluding hydrogens is 370 g/mol. The first-order valence-electron chi connectivity index (χ1n) is 8.95. The van der Waals surface area contributed by atoms with Gasteiger partial charge in [-0.05, 0) is 42.7 Å². The highest BCUT2D eigenvalue weighted by atomic mass is 27.0. The summed E-state index contributed by atoms with van der Waals surface area (Å²) in [6, 6.07) is 18.9. The van der Waals surface area contributed by atoms with E-state index in [9.17, 15) is 9.18 Å². The Balaban J connectivity index is 1.71. The van der Waals surface area contributed by atoms with Crippen LogP contribution < -0.4 is 9.33 Å². The summed E-state index contributed by atoms with van der Waals surface area (Å²) in [5, 5.41) is 0. The molecule has 1 aliphatic rings. The van der Waals surface area contributed by atoms with Crippen LogP contribution in [0.25, 0.3) is 11.1 Å². The standard InChI is InChI=1S/C22H18FN2O2.Al/c1-22(2)20(16-6-4-3-5-7-16)25(21(26)27-22)18-11-8-15(9-12-18)17-10-13-19(23)24-14-17;/h3-12,14,20H,1-2H3;/t20-;/m0./s1. The number of halogens is 1. The van der Waals surface area contributed by atoms with Crippen molar-refractivity contribution < 1.29 is 13.9 Å². The number of carbonyl (C=O) groups is 1. The third-order valence-electron chi connectivity index (χ3n) is 4.92. The van der Waals surface area contributed by atoms with Crippen molar-refractivity contribution >= 4 is 32.5 Å². The molecule has 0 N–H and O–H groups in total. The molecule has 1 atom stereocenters. The summed E-state index contributed by atoms with van der Waals surface area (Å²) < 4.78 is 19.5.